The zero-order valence-electron chi connectivity index (χ0n) is 11.1. The second-order valence-corrected chi connectivity index (χ2v) is 5.21. The molecule has 0 bridgehead atoms. The lowest BCUT2D eigenvalue weighted by Crippen LogP contribution is -1.96. The molecule has 98 valence electrons. The highest BCUT2D eigenvalue weighted by molar-refractivity contribution is 7.98. The van der Waals surface area contributed by atoms with Gasteiger partial charge in [-0.2, -0.15) is 0 Å². The number of rotatable bonds is 5. The highest BCUT2D eigenvalue weighted by Crippen LogP contribution is 2.30. The Balaban J connectivity index is 2.20. The number of benzene rings is 2. The summed E-state index contributed by atoms with van der Waals surface area (Å²) in [5, 5.41) is 0. The molecule has 0 amide bonds. The fourth-order valence-corrected chi connectivity index (χ4v) is 2.86. The molecule has 2 nitrogen and oxygen atoms in total. The maximum Gasteiger partial charge on any atom is 0.160 e. The second kappa shape index (κ2) is 6.43. The van der Waals surface area contributed by atoms with Crippen LogP contribution in [0.2, 0.25) is 0 Å². The number of carbonyl (C=O) groups excluding carboxylic acids is 1. The van der Waals surface area contributed by atoms with E-state index >= 15 is 0 Å². The van der Waals surface area contributed by atoms with E-state index in [9.17, 15) is 4.79 Å². The van der Waals surface area contributed by atoms with Gasteiger partial charge in [0.05, 0.1) is 7.11 Å². The number of thioether (sulfide) groups is 1. The van der Waals surface area contributed by atoms with Gasteiger partial charge < -0.3 is 4.74 Å². The summed E-state index contributed by atoms with van der Waals surface area (Å²) in [6, 6.07) is 15.8. The van der Waals surface area contributed by atoms with Crippen molar-refractivity contribution >= 4 is 17.5 Å². The van der Waals surface area contributed by atoms with Crippen molar-refractivity contribution in [2.24, 2.45) is 0 Å². The smallest absolute Gasteiger partial charge is 0.160 e. The molecular formula is C16H16O2S. The standard InChI is InChI=1S/C16H16O2S/c1-12(17)15-9-8-14(18-2)10-16(15)19-11-13-6-4-3-5-7-13/h3-10H,11H2,1-2H3. The molecular weight excluding hydrogens is 256 g/mol. The minimum Gasteiger partial charge on any atom is -0.497 e. The molecule has 2 rings (SSSR count). The number of ether oxygens (including phenoxy) is 1. The highest BCUT2D eigenvalue weighted by atomic mass is 32.2. The third-order valence-electron chi connectivity index (χ3n) is 2.81. The minimum absolute atomic E-state index is 0.0817. The van der Waals surface area contributed by atoms with Crippen LogP contribution in [0.25, 0.3) is 0 Å². The van der Waals surface area contributed by atoms with E-state index in [1.165, 1.54) is 5.56 Å². The number of hydrogen-bond donors (Lipinski definition) is 0. The summed E-state index contributed by atoms with van der Waals surface area (Å²) in [5.74, 6) is 1.70. The Kier molecular flexibility index (Phi) is 4.63. The van der Waals surface area contributed by atoms with Crippen LogP contribution < -0.4 is 4.74 Å². The molecule has 0 aliphatic heterocycles. The Morgan fingerprint density at radius 2 is 1.89 bits per heavy atom. The molecule has 0 atom stereocenters. The average molecular weight is 272 g/mol. The van der Waals surface area contributed by atoms with E-state index in [2.05, 4.69) is 12.1 Å². The first-order valence-electron chi connectivity index (χ1n) is 6.06. The predicted octanol–water partition coefficient (Wildman–Crippen LogP) is 4.19. The van der Waals surface area contributed by atoms with Gasteiger partial charge in [-0.3, -0.25) is 4.79 Å². The van der Waals surface area contributed by atoms with Crippen molar-refractivity contribution < 1.29 is 9.53 Å². The van der Waals surface area contributed by atoms with Crippen LogP contribution in [0.4, 0.5) is 0 Å². The molecule has 2 aromatic rings. The van der Waals surface area contributed by atoms with Crippen molar-refractivity contribution in [2.75, 3.05) is 7.11 Å². The van der Waals surface area contributed by atoms with E-state index in [0.29, 0.717) is 0 Å². The predicted molar refractivity (Wildman–Crippen MR) is 79.0 cm³/mol. The molecule has 0 heterocycles. The minimum atomic E-state index is 0.0817. The second-order valence-electron chi connectivity index (χ2n) is 4.19. The van der Waals surface area contributed by atoms with Crippen molar-refractivity contribution in [1.29, 1.82) is 0 Å². The third kappa shape index (κ3) is 3.61. The number of ketones is 1. The first-order valence-corrected chi connectivity index (χ1v) is 7.05. The molecule has 0 radical (unpaired) electrons. The van der Waals surface area contributed by atoms with Gasteiger partial charge in [-0.1, -0.05) is 30.3 Å². The van der Waals surface area contributed by atoms with Gasteiger partial charge in [0.15, 0.2) is 5.78 Å². The first kappa shape index (κ1) is 13.7. The molecule has 0 saturated carbocycles. The monoisotopic (exact) mass is 272 g/mol. The van der Waals surface area contributed by atoms with Crippen molar-refractivity contribution in [3.05, 3.63) is 59.7 Å². The molecule has 3 heteroatoms. The molecule has 0 unspecified atom stereocenters. The molecule has 0 N–H and O–H groups in total. The van der Waals surface area contributed by atoms with Gasteiger partial charge >= 0.3 is 0 Å². The van der Waals surface area contributed by atoms with Crippen molar-refractivity contribution in [3.8, 4) is 5.75 Å². The lowest BCUT2D eigenvalue weighted by atomic mass is 10.1. The van der Waals surface area contributed by atoms with Crippen LogP contribution in [0.3, 0.4) is 0 Å². The molecule has 19 heavy (non-hydrogen) atoms. The van der Waals surface area contributed by atoms with Gasteiger partial charge in [-0.15, -0.1) is 11.8 Å². The van der Waals surface area contributed by atoms with Crippen LogP contribution in [-0.2, 0) is 5.75 Å². The van der Waals surface area contributed by atoms with Crippen LogP contribution in [-0.4, -0.2) is 12.9 Å². The number of hydrogen-bond acceptors (Lipinski definition) is 3. The number of methoxy groups -OCH3 is 1. The quantitative estimate of drug-likeness (QED) is 0.603. The van der Waals surface area contributed by atoms with E-state index in [-0.39, 0.29) is 5.78 Å². The molecule has 0 spiro atoms. The Hall–Kier alpha value is -1.74. The normalized spacial score (nSPS) is 10.2. The Morgan fingerprint density at radius 3 is 2.53 bits per heavy atom. The highest BCUT2D eigenvalue weighted by Gasteiger charge is 2.09. The summed E-state index contributed by atoms with van der Waals surface area (Å²) in [6.07, 6.45) is 0. The largest absolute Gasteiger partial charge is 0.497 e. The topological polar surface area (TPSA) is 26.3 Å². The fraction of sp³-hybridized carbons (Fsp3) is 0.188. The molecule has 0 aliphatic rings. The van der Waals surface area contributed by atoms with Crippen LogP contribution in [0.5, 0.6) is 5.75 Å². The molecule has 0 aliphatic carbocycles. The average Bonchev–Trinajstić information content (AvgIpc) is 2.45. The lowest BCUT2D eigenvalue weighted by Gasteiger charge is -2.09. The van der Waals surface area contributed by atoms with Crippen molar-refractivity contribution in [1.82, 2.24) is 0 Å². The van der Waals surface area contributed by atoms with Gasteiger partial charge in [-0.25, -0.2) is 0 Å². The number of Topliss-reactive ketones (excluding diaryl/α,β-unsaturated/α-hetero) is 1. The third-order valence-corrected chi connectivity index (χ3v) is 3.93. The molecule has 0 saturated heterocycles. The van der Waals surface area contributed by atoms with Crippen molar-refractivity contribution in [2.45, 2.75) is 17.6 Å². The van der Waals surface area contributed by atoms with Crippen LogP contribution in [0, 0.1) is 0 Å². The number of carbonyl (C=O) groups is 1. The first-order chi connectivity index (χ1) is 9.20. The van der Waals surface area contributed by atoms with E-state index < -0.39 is 0 Å². The summed E-state index contributed by atoms with van der Waals surface area (Å²) in [6.45, 7) is 1.59. The van der Waals surface area contributed by atoms with E-state index in [0.717, 1.165) is 22.0 Å². The van der Waals surface area contributed by atoms with Gasteiger partial charge in [0, 0.05) is 16.2 Å². The lowest BCUT2D eigenvalue weighted by molar-refractivity contribution is 0.101. The summed E-state index contributed by atoms with van der Waals surface area (Å²) in [7, 11) is 1.63. The fourth-order valence-electron chi connectivity index (χ4n) is 1.78. The zero-order valence-corrected chi connectivity index (χ0v) is 11.9. The van der Waals surface area contributed by atoms with E-state index in [1.807, 2.05) is 36.4 Å². The molecule has 2 aromatic carbocycles. The zero-order chi connectivity index (χ0) is 13.7. The summed E-state index contributed by atoms with van der Waals surface area (Å²) < 4.78 is 5.22. The Bertz CT molecular complexity index is 564. The van der Waals surface area contributed by atoms with Crippen molar-refractivity contribution in [3.63, 3.8) is 0 Å². The Morgan fingerprint density at radius 1 is 1.16 bits per heavy atom. The van der Waals surface area contributed by atoms with Crippen LogP contribution >= 0.6 is 11.8 Å². The summed E-state index contributed by atoms with van der Waals surface area (Å²) in [4.78, 5) is 12.6. The molecule has 0 aromatic heterocycles. The maximum atomic E-state index is 11.6. The van der Waals surface area contributed by atoms with Gasteiger partial charge in [0.25, 0.3) is 0 Å². The van der Waals surface area contributed by atoms with Gasteiger partial charge in [0.1, 0.15) is 5.75 Å². The molecule has 0 fully saturated rings. The van der Waals surface area contributed by atoms with Gasteiger partial charge in [-0.05, 0) is 30.7 Å². The summed E-state index contributed by atoms with van der Waals surface area (Å²) in [5.41, 5.74) is 1.99. The SMILES string of the molecule is COc1ccc(C(C)=O)c(SCc2ccccc2)c1. The van der Waals surface area contributed by atoms with E-state index in [4.69, 9.17) is 4.74 Å². The van der Waals surface area contributed by atoms with Crippen LogP contribution in [0.1, 0.15) is 22.8 Å². The summed E-state index contributed by atoms with van der Waals surface area (Å²) >= 11 is 1.66. The van der Waals surface area contributed by atoms with Crippen LogP contribution in [0.15, 0.2) is 53.4 Å². The van der Waals surface area contributed by atoms with E-state index in [1.54, 1.807) is 25.8 Å². The van der Waals surface area contributed by atoms with Gasteiger partial charge in [0.2, 0.25) is 0 Å². The maximum absolute atomic E-state index is 11.6. The Labute approximate surface area is 117 Å².